The quantitative estimate of drug-likeness (QED) is 0.785. The van der Waals surface area contributed by atoms with Crippen LogP contribution < -0.4 is 0 Å². The maximum absolute atomic E-state index is 12.9. The Hall–Kier alpha value is -2.49. The first-order chi connectivity index (χ1) is 11.3. The third kappa shape index (κ3) is 4.07. The summed E-state index contributed by atoms with van der Waals surface area (Å²) in [7, 11) is 1.62. The molecule has 0 heterocycles. The van der Waals surface area contributed by atoms with Crippen molar-refractivity contribution in [2.24, 2.45) is 0 Å². The number of halogens is 1. The van der Waals surface area contributed by atoms with Crippen LogP contribution in [0.5, 0.6) is 0 Å². The molecule has 0 aliphatic heterocycles. The van der Waals surface area contributed by atoms with Crippen LogP contribution in [0.25, 0.3) is 0 Å². The number of likely N-dealkylation sites (N-methyl/N-ethyl adjacent to an activating group) is 1. The summed E-state index contributed by atoms with van der Waals surface area (Å²) in [6, 6.07) is 10.8. The molecule has 1 atom stereocenters. The number of nitrogens with zero attached hydrogens (tertiary/aromatic N) is 1. The summed E-state index contributed by atoms with van der Waals surface area (Å²) in [6.45, 7) is 5.67. The molecule has 0 saturated heterocycles. The van der Waals surface area contributed by atoms with Gasteiger partial charge in [0.05, 0.1) is 12.5 Å². The summed E-state index contributed by atoms with van der Waals surface area (Å²) in [6.07, 6.45) is 0.140. The number of aryl methyl sites for hydroxylation is 2. The highest BCUT2D eigenvalue weighted by molar-refractivity contribution is 6.01. The third-order valence-corrected chi connectivity index (χ3v) is 4.41. The molecular weight excluding hydrogens is 305 g/mol. The summed E-state index contributed by atoms with van der Waals surface area (Å²) in [5, 5.41) is 0. The molecular formula is C20H22FNO2. The van der Waals surface area contributed by atoms with Gasteiger partial charge in [-0.05, 0) is 55.7 Å². The van der Waals surface area contributed by atoms with Crippen LogP contribution >= 0.6 is 0 Å². The molecule has 0 fully saturated rings. The molecule has 24 heavy (non-hydrogen) atoms. The number of carbonyl (C=O) groups excluding carboxylic acids is 2. The minimum absolute atomic E-state index is 0.0898. The molecule has 2 aromatic rings. The predicted molar refractivity (Wildman–Crippen MR) is 92.6 cm³/mol. The topological polar surface area (TPSA) is 37.4 Å². The highest BCUT2D eigenvalue weighted by atomic mass is 19.1. The maximum atomic E-state index is 12.9. The monoisotopic (exact) mass is 327 g/mol. The molecule has 0 radical (unpaired) electrons. The van der Waals surface area contributed by atoms with Crippen molar-refractivity contribution in [3.05, 3.63) is 70.5 Å². The van der Waals surface area contributed by atoms with Gasteiger partial charge in [-0.25, -0.2) is 4.39 Å². The molecule has 2 rings (SSSR count). The zero-order valence-corrected chi connectivity index (χ0v) is 14.5. The lowest BCUT2D eigenvalue weighted by Crippen LogP contribution is -2.41. The Morgan fingerprint density at radius 1 is 1.04 bits per heavy atom. The van der Waals surface area contributed by atoms with Gasteiger partial charge in [0.15, 0.2) is 5.78 Å². The van der Waals surface area contributed by atoms with Crippen LogP contribution in [-0.2, 0) is 11.2 Å². The number of Topliss-reactive ketones (excluding diaryl/α,β-unsaturated/α-hetero) is 1. The van der Waals surface area contributed by atoms with Crippen molar-refractivity contribution in [2.45, 2.75) is 33.2 Å². The molecule has 1 unspecified atom stereocenters. The van der Waals surface area contributed by atoms with Gasteiger partial charge in [-0.2, -0.15) is 0 Å². The van der Waals surface area contributed by atoms with E-state index in [9.17, 15) is 14.0 Å². The fraction of sp³-hybridized carbons (Fsp3) is 0.300. The van der Waals surface area contributed by atoms with Crippen molar-refractivity contribution in [3.63, 3.8) is 0 Å². The number of ketones is 1. The zero-order valence-electron chi connectivity index (χ0n) is 14.5. The molecule has 126 valence electrons. The molecule has 0 bridgehead atoms. The molecule has 2 aromatic carbocycles. The first-order valence-corrected chi connectivity index (χ1v) is 7.91. The highest BCUT2D eigenvalue weighted by Crippen LogP contribution is 2.14. The van der Waals surface area contributed by atoms with Crippen LogP contribution in [0.4, 0.5) is 4.39 Å². The standard InChI is InChI=1S/C20H22FNO2/c1-13-5-8-17(11-14(13)2)20(24)15(3)22(4)19(23)12-16-6-9-18(21)10-7-16/h5-11,15H,12H2,1-4H3. The molecule has 0 saturated carbocycles. The summed E-state index contributed by atoms with van der Waals surface area (Å²) in [4.78, 5) is 26.4. The van der Waals surface area contributed by atoms with Crippen LogP contribution in [0.15, 0.2) is 42.5 Å². The Labute approximate surface area is 142 Å². The van der Waals surface area contributed by atoms with Gasteiger partial charge in [-0.1, -0.05) is 24.3 Å². The van der Waals surface area contributed by atoms with Gasteiger partial charge in [-0.3, -0.25) is 9.59 Å². The molecule has 0 N–H and O–H groups in total. The molecule has 0 spiro atoms. The molecule has 4 heteroatoms. The van der Waals surface area contributed by atoms with E-state index in [4.69, 9.17) is 0 Å². The highest BCUT2D eigenvalue weighted by Gasteiger charge is 2.23. The summed E-state index contributed by atoms with van der Waals surface area (Å²) in [5.74, 6) is -0.600. The Balaban J connectivity index is 2.08. The zero-order chi connectivity index (χ0) is 17.9. The van der Waals surface area contributed by atoms with Crippen LogP contribution in [0.2, 0.25) is 0 Å². The second-order valence-electron chi connectivity index (χ2n) is 6.15. The lowest BCUT2D eigenvalue weighted by molar-refractivity contribution is -0.130. The minimum Gasteiger partial charge on any atom is -0.335 e. The predicted octanol–water partition coefficient (Wildman–Crippen LogP) is 3.71. The van der Waals surface area contributed by atoms with Gasteiger partial charge in [0.1, 0.15) is 5.82 Å². The number of carbonyl (C=O) groups is 2. The van der Waals surface area contributed by atoms with E-state index in [0.29, 0.717) is 5.56 Å². The average Bonchev–Trinajstić information content (AvgIpc) is 2.57. The largest absolute Gasteiger partial charge is 0.335 e. The summed E-state index contributed by atoms with van der Waals surface area (Å²) in [5.41, 5.74) is 3.50. The van der Waals surface area contributed by atoms with Crippen molar-refractivity contribution in [1.29, 1.82) is 0 Å². The van der Waals surface area contributed by atoms with Gasteiger partial charge in [-0.15, -0.1) is 0 Å². The molecule has 1 amide bonds. The van der Waals surface area contributed by atoms with E-state index in [1.807, 2.05) is 26.0 Å². The molecule has 0 aliphatic carbocycles. The van der Waals surface area contributed by atoms with Crippen molar-refractivity contribution in [3.8, 4) is 0 Å². The van der Waals surface area contributed by atoms with E-state index < -0.39 is 6.04 Å². The van der Waals surface area contributed by atoms with Gasteiger partial charge >= 0.3 is 0 Å². The van der Waals surface area contributed by atoms with Gasteiger partial charge in [0.2, 0.25) is 5.91 Å². The number of hydrogen-bond acceptors (Lipinski definition) is 2. The Morgan fingerprint density at radius 3 is 2.25 bits per heavy atom. The van der Waals surface area contributed by atoms with E-state index in [1.54, 1.807) is 32.2 Å². The number of benzene rings is 2. The lowest BCUT2D eigenvalue weighted by atomic mass is 9.99. The van der Waals surface area contributed by atoms with Gasteiger partial charge in [0, 0.05) is 12.6 Å². The number of rotatable bonds is 5. The van der Waals surface area contributed by atoms with E-state index in [0.717, 1.165) is 16.7 Å². The second kappa shape index (κ2) is 7.39. The van der Waals surface area contributed by atoms with Crippen molar-refractivity contribution in [2.75, 3.05) is 7.05 Å². The molecule has 0 aliphatic rings. The fourth-order valence-corrected chi connectivity index (χ4v) is 2.43. The van der Waals surface area contributed by atoms with Crippen LogP contribution in [0, 0.1) is 19.7 Å². The fourth-order valence-electron chi connectivity index (χ4n) is 2.43. The van der Waals surface area contributed by atoms with E-state index in [1.165, 1.54) is 17.0 Å². The normalized spacial score (nSPS) is 11.9. The van der Waals surface area contributed by atoms with Crippen LogP contribution in [-0.4, -0.2) is 29.7 Å². The van der Waals surface area contributed by atoms with E-state index in [2.05, 4.69) is 0 Å². The van der Waals surface area contributed by atoms with Crippen molar-refractivity contribution < 1.29 is 14.0 Å². The smallest absolute Gasteiger partial charge is 0.227 e. The van der Waals surface area contributed by atoms with Crippen LogP contribution in [0.1, 0.15) is 34.0 Å². The van der Waals surface area contributed by atoms with Crippen LogP contribution in [0.3, 0.4) is 0 Å². The maximum Gasteiger partial charge on any atom is 0.227 e. The van der Waals surface area contributed by atoms with Gasteiger partial charge in [0.25, 0.3) is 0 Å². The Bertz CT molecular complexity index is 753. The minimum atomic E-state index is -0.556. The van der Waals surface area contributed by atoms with Crippen molar-refractivity contribution in [1.82, 2.24) is 4.90 Å². The first kappa shape index (κ1) is 17.9. The first-order valence-electron chi connectivity index (χ1n) is 7.91. The van der Waals surface area contributed by atoms with E-state index >= 15 is 0 Å². The lowest BCUT2D eigenvalue weighted by Gasteiger charge is -2.24. The molecule has 0 aromatic heterocycles. The molecule has 3 nitrogen and oxygen atoms in total. The number of amides is 1. The summed E-state index contributed by atoms with van der Waals surface area (Å²) >= 11 is 0. The number of hydrogen-bond donors (Lipinski definition) is 0. The Kier molecular flexibility index (Phi) is 5.50. The Morgan fingerprint density at radius 2 is 1.67 bits per heavy atom. The van der Waals surface area contributed by atoms with E-state index in [-0.39, 0.29) is 23.9 Å². The SMILES string of the molecule is Cc1ccc(C(=O)C(C)N(C)C(=O)Cc2ccc(F)cc2)cc1C. The van der Waals surface area contributed by atoms with Crippen molar-refractivity contribution >= 4 is 11.7 Å². The van der Waals surface area contributed by atoms with Gasteiger partial charge < -0.3 is 4.90 Å². The second-order valence-corrected chi connectivity index (χ2v) is 6.15. The average molecular weight is 327 g/mol. The summed E-state index contributed by atoms with van der Waals surface area (Å²) < 4.78 is 12.9. The third-order valence-electron chi connectivity index (χ3n) is 4.41.